The van der Waals surface area contributed by atoms with Crippen LogP contribution < -0.4 is 10.6 Å². The molecule has 0 spiro atoms. The second-order valence-electron chi connectivity index (χ2n) is 10.2. The summed E-state index contributed by atoms with van der Waals surface area (Å²) in [4.78, 5) is 28.5. The number of benzene rings is 1. The van der Waals surface area contributed by atoms with Crippen LogP contribution in [-0.2, 0) is 4.79 Å². The average Bonchev–Trinajstić information content (AvgIpc) is 2.83. The molecular weight excluding hydrogens is 442 g/mol. The summed E-state index contributed by atoms with van der Waals surface area (Å²) in [7, 11) is 0. The molecule has 1 aliphatic carbocycles. The minimum absolute atomic E-state index is 0.0346. The minimum atomic E-state index is -1.00. The maximum atomic E-state index is 12.5. The number of aliphatic hydroxyl groups excluding tert-OH is 1. The molecule has 2 amide bonds. The van der Waals surface area contributed by atoms with E-state index in [9.17, 15) is 19.8 Å². The van der Waals surface area contributed by atoms with Crippen molar-refractivity contribution < 1.29 is 19.8 Å². The van der Waals surface area contributed by atoms with Crippen molar-refractivity contribution in [2.45, 2.75) is 70.0 Å². The SMILES string of the molecule is C[C@@H]1CC[C@@H](CNC(=O)CCNC(=O)c2cccnc2)[C@](C)(O)C[C@H](c2ccccc2)C[C@@H](O)C1. The molecule has 1 saturated carbocycles. The van der Waals surface area contributed by atoms with Crippen LogP contribution in [0, 0.1) is 11.8 Å². The molecule has 0 saturated heterocycles. The molecule has 4 N–H and O–H groups in total. The number of pyridine rings is 1. The third kappa shape index (κ3) is 8.44. The van der Waals surface area contributed by atoms with Gasteiger partial charge in [-0.1, -0.05) is 43.7 Å². The third-order valence-corrected chi connectivity index (χ3v) is 7.16. The number of aromatic nitrogens is 1. The monoisotopic (exact) mass is 481 g/mol. The number of nitrogens with one attached hydrogen (secondary N) is 2. The van der Waals surface area contributed by atoms with Gasteiger partial charge >= 0.3 is 0 Å². The molecule has 0 aliphatic heterocycles. The van der Waals surface area contributed by atoms with Crippen LogP contribution in [0.3, 0.4) is 0 Å². The fourth-order valence-electron chi connectivity index (χ4n) is 5.07. The molecule has 1 aliphatic rings. The lowest BCUT2D eigenvalue weighted by Gasteiger charge is -2.38. The number of nitrogens with zero attached hydrogens (tertiary/aromatic N) is 1. The Morgan fingerprint density at radius 2 is 1.86 bits per heavy atom. The van der Waals surface area contributed by atoms with Gasteiger partial charge in [-0.25, -0.2) is 0 Å². The lowest BCUT2D eigenvalue weighted by Crippen LogP contribution is -2.44. The number of amides is 2. The van der Waals surface area contributed by atoms with Crippen molar-refractivity contribution in [2.24, 2.45) is 11.8 Å². The molecule has 0 radical (unpaired) electrons. The standard InChI is InChI=1S/C28H39N3O4/c1-20-10-11-24(19-31-26(33)12-14-30-27(34)22-9-6-13-29-18-22)28(2,35)17-23(16-25(32)15-20)21-7-4-3-5-8-21/h3-9,13,18,20,23-25,32,35H,10-12,14-17,19H2,1-2H3,(H,30,34)(H,31,33)/t20-,23-,24+,25+,28-/m1/s1. The van der Waals surface area contributed by atoms with Crippen LogP contribution in [0.25, 0.3) is 0 Å². The van der Waals surface area contributed by atoms with Gasteiger partial charge in [0.2, 0.25) is 5.91 Å². The highest BCUT2D eigenvalue weighted by Crippen LogP contribution is 2.38. The molecule has 0 unspecified atom stereocenters. The van der Waals surface area contributed by atoms with Crippen molar-refractivity contribution >= 4 is 11.8 Å². The van der Waals surface area contributed by atoms with Gasteiger partial charge < -0.3 is 20.8 Å². The Bertz CT molecular complexity index is 936. The third-order valence-electron chi connectivity index (χ3n) is 7.16. The van der Waals surface area contributed by atoms with E-state index in [-0.39, 0.29) is 36.6 Å². The van der Waals surface area contributed by atoms with E-state index in [1.54, 1.807) is 18.3 Å². The Labute approximate surface area is 208 Å². The fraction of sp³-hybridized carbons (Fsp3) is 0.536. The van der Waals surface area contributed by atoms with Gasteiger partial charge in [0.05, 0.1) is 17.3 Å². The summed E-state index contributed by atoms with van der Waals surface area (Å²) in [5, 5.41) is 27.9. The van der Waals surface area contributed by atoms with Crippen LogP contribution in [0.2, 0.25) is 0 Å². The lowest BCUT2D eigenvalue weighted by molar-refractivity contribution is -0.121. The van der Waals surface area contributed by atoms with Gasteiger partial charge in [0, 0.05) is 37.8 Å². The molecule has 1 heterocycles. The zero-order chi connectivity index (χ0) is 25.3. The average molecular weight is 482 g/mol. The zero-order valence-electron chi connectivity index (χ0n) is 20.8. The van der Waals surface area contributed by atoms with Crippen LogP contribution in [0.1, 0.15) is 74.2 Å². The zero-order valence-corrected chi connectivity index (χ0v) is 20.8. The normalized spacial score (nSPS) is 27.5. The number of hydrogen-bond donors (Lipinski definition) is 4. The summed E-state index contributed by atoms with van der Waals surface area (Å²) >= 11 is 0. The molecule has 1 aromatic heterocycles. The first kappa shape index (κ1) is 26.8. The number of hydrogen-bond acceptors (Lipinski definition) is 5. The smallest absolute Gasteiger partial charge is 0.252 e. The molecule has 7 heteroatoms. The Hall–Kier alpha value is -2.77. The molecule has 3 rings (SSSR count). The van der Waals surface area contributed by atoms with Gasteiger partial charge in [0.15, 0.2) is 0 Å². The molecule has 7 nitrogen and oxygen atoms in total. The van der Waals surface area contributed by atoms with Crippen molar-refractivity contribution in [2.75, 3.05) is 13.1 Å². The molecule has 2 aromatic rings. The van der Waals surface area contributed by atoms with Crippen LogP contribution in [0.5, 0.6) is 0 Å². The molecule has 0 bridgehead atoms. The van der Waals surface area contributed by atoms with Crippen molar-refractivity contribution in [3.8, 4) is 0 Å². The summed E-state index contributed by atoms with van der Waals surface area (Å²) < 4.78 is 0. The van der Waals surface area contributed by atoms with Gasteiger partial charge in [-0.2, -0.15) is 0 Å². The Morgan fingerprint density at radius 1 is 1.09 bits per heavy atom. The van der Waals surface area contributed by atoms with E-state index < -0.39 is 11.7 Å². The van der Waals surface area contributed by atoms with E-state index in [0.717, 1.165) is 24.8 Å². The predicted molar refractivity (Wildman–Crippen MR) is 136 cm³/mol. The van der Waals surface area contributed by atoms with E-state index in [1.807, 2.05) is 25.1 Å². The first-order valence-corrected chi connectivity index (χ1v) is 12.6. The largest absolute Gasteiger partial charge is 0.393 e. The fourth-order valence-corrected chi connectivity index (χ4v) is 5.07. The van der Waals surface area contributed by atoms with Crippen molar-refractivity contribution in [1.29, 1.82) is 0 Å². The quantitative estimate of drug-likeness (QED) is 0.484. The Kier molecular flexibility index (Phi) is 9.81. The van der Waals surface area contributed by atoms with E-state index in [4.69, 9.17) is 0 Å². The maximum absolute atomic E-state index is 12.5. The molecule has 1 aromatic carbocycles. The van der Waals surface area contributed by atoms with Gasteiger partial charge in [0.25, 0.3) is 5.91 Å². The molecule has 5 atom stereocenters. The van der Waals surface area contributed by atoms with E-state index in [0.29, 0.717) is 30.9 Å². The summed E-state index contributed by atoms with van der Waals surface area (Å²) in [6.07, 6.45) is 6.36. The van der Waals surface area contributed by atoms with Crippen molar-refractivity contribution in [3.63, 3.8) is 0 Å². The highest BCUT2D eigenvalue weighted by Gasteiger charge is 2.36. The van der Waals surface area contributed by atoms with Gasteiger partial charge in [-0.05, 0) is 62.1 Å². The first-order chi connectivity index (χ1) is 16.7. The van der Waals surface area contributed by atoms with Crippen LogP contribution in [0.15, 0.2) is 54.9 Å². The number of carbonyl (C=O) groups excluding carboxylic acids is 2. The summed E-state index contributed by atoms with van der Waals surface area (Å²) in [5.41, 5.74) is 0.573. The molecule has 35 heavy (non-hydrogen) atoms. The summed E-state index contributed by atoms with van der Waals surface area (Å²) in [6.45, 7) is 4.59. The highest BCUT2D eigenvalue weighted by molar-refractivity contribution is 5.94. The Morgan fingerprint density at radius 3 is 2.57 bits per heavy atom. The predicted octanol–water partition coefficient (Wildman–Crippen LogP) is 3.43. The van der Waals surface area contributed by atoms with Crippen LogP contribution >= 0.6 is 0 Å². The second-order valence-corrected chi connectivity index (χ2v) is 10.2. The van der Waals surface area contributed by atoms with Gasteiger partial charge in [-0.3, -0.25) is 14.6 Å². The Balaban J connectivity index is 1.58. The maximum Gasteiger partial charge on any atom is 0.252 e. The minimum Gasteiger partial charge on any atom is -0.393 e. The second kappa shape index (κ2) is 12.8. The lowest BCUT2D eigenvalue weighted by atomic mass is 9.73. The van der Waals surface area contributed by atoms with Crippen molar-refractivity contribution in [1.82, 2.24) is 15.6 Å². The first-order valence-electron chi connectivity index (χ1n) is 12.6. The summed E-state index contributed by atoms with van der Waals surface area (Å²) in [6, 6.07) is 13.4. The number of carbonyl (C=O) groups is 2. The number of aliphatic hydroxyl groups is 2. The van der Waals surface area contributed by atoms with Crippen LogP contribution in [-0.4, -0.2) is 51.8 Å². The van der Waals surface area contributed by atoms with E-state index in [1.165, 1.54) is 6.20 Å². The van der Waals surface area contributed by atoms with Crippen molar-refractivity contribution in [3.05, 3.63) is 66.0 Å². The molecule has 190 valence electrons. The van der Waals surface area contributed by atoms with Crippen LogP contribution in [0.4, 0.5) is 0 Å². The molecule has 1 fully saturated rings. The summed E-state index contributed by atoms with van der Waals surface area (Å²) in [5.74, 6) is -0.166. The number of rotatable bonds is 7. The molecular formula is C28H39N3O4. The van der Waals surface area contributed by atoms with Gasteiger partial charge in [0.1, 0.15) is 0 Å². The topological polar surface area (TPSA) is 112 Å². The highest BCUT2D eigenvalue weighted by atomic mass is 16.3. The van der Waals surface area contributed by atoms with E-state index >= 15 is 0 Å². The van der Waals surface area contributed by atoms with Gasteiger partial charge in [-0.15, -0.1) is 0 Å². The van der Waals surface area contributed by atoms with E-state index in [2.05, 4.69) is 34.7 Å².